The maximum atomic E-state index is 13.4. The molecule has 3 aromatic rings. The van der Waals surface area contributed by atoms with Crippen molar-refractivity contribution in [3.05, 3.63) is 76.2 Å². The average Bonchev–Trinajstić information content (AvgIpc) is 2.61. The molecule has 0 spiro atoms. The summed E-state index contributed by atoms with van der Waals surface area (Å²) in [5.41, 5.74) is 2.15. The van der Waals surface area contributed by atoms with Crippen LogP contribution in [0.1, 0.15) is 39.0 Å². The molecule has 1 aromatic heterocycles. The van der Waals surface area contributed by atoms with Crippen molar-refractivity contribution in [3.63, 3.8) is 0 Å². The second kappa shape index (κ2) is 6.91. The fourth-order valence-electron chi connectivity index (χ4n) is 3.19. The minimum absolute atomic E-state index is 0.0529. The summed E-state index contributed by atoms with van der Waals surface area (Å²) in [6.07, 6.45) is 1.03. The number of aryl methyl sites for hydroxylation is 1. The zero-order valence-corrected chi connectivity index (χ0v) is 15.9. The van der Waals surface area contributed by atoms with Crippen LogP contribution in [0.5, 0.6) is 0 Å². The van der Waals surface area contributed by atoms with Gasteiger partial charge in [0.15, 0.2) is 0 Å². The van der Waals surface area contributed by atoms with Crippen molar-refractivity contribution in [1.82, 2.24) is 4.57 Å². The molecule has 0 aliphatic heterocycles. The predicted octanol–water partition coefficient (Wildman–Crippen LogP) is 4.71. The van der Waals surface area contributed by atoms with E-state index in [1.165, 1.54) is 0 Å². The number of nitrogens with zero attached hydrogens (tertiary/aromatic N) is 1. The van der Waals surface area contributed by atoms with Crippen LogP contribution < -0.4 is 5.56 Å². The van der Waals surface area contributed by atoms with Crippen LogP contribution in [-0.4, -0.2) is 10.4 Å². The monoisotopic (exact) mass is 347 g/mol. The van der Waals surface area contributed by atoms with E-state index in [0.29, 0.717) is 5.39 Å². The topological polar surface area (TPSA) is 39.1 Å². The first-order valence-electron chi connectivity index (χ1n) is 9.08. The molecule has 0 N–H and O–H groups in total. The highest BCUT2D eigenvalue weighted by atomic mass is 16.1. The Morgan fingerprint density at radius 3 is 2.31 bits per heavy atom. The molecule has 0 aliphatic carbocycles. The first kappa shape index (κ1) is 18.1. The van der Waals surface area contributed by atoms with Crippen LogP contribution in [0.15, 0.2) is 59.4 Å². The van der Waals surface area contributed by atoms with Gasteiger partial charge in [0.2, 0.25) is 0 Å². The highest BCUT2D eigenvalue weighted by Gasteiger charge is 2.23. The van der Waals surface area contributed by atoms with Gasteiger partial charge in [0.25, 0.3) is 5.56 Å². The number of hydrogen-bond donors (Lipinski definition) is 0. The Bertz CT molecular complexity index is 1010. The van der Waals surface area contributed by atoms with Gasteiger partial charge in [0.1, 0.15) is 5.78 Å². The zero-order chi connectivity index (χ0) is 18.9. The first-order valence-corrected chi connectivity index (χ1v) is 9.08. The van der Waals surface area contributed by atoms with Crippen LogP contribution in [0.4, 0.5) is 0 Å². The molecule has 0 bridgehead atoms. The van der Waals surface area contributed by atoms with Crippen molar-refractivity contribution >= 4 is 16.6 Å². The van der Waals surface area contributed by atoms with Crippen LogP contribution in [0, 0.1) is 5.41 Å². The molecule has 3 rings (SSSR count). The summed E-state index contributed by atoms with van der Waals surface area (Å²) < 4.78 is 1.77. The Morgan fingerprint density at radius 1 is 1.00 bits per heavy atom. The van der Waals surface area contributed by atoms with E-state index < -0.39 is 5.41 Å². The van der Waals surface area contributed by atoms with Gasteiger partial charge in [0, 0.05) is 23.2 Å². The van der Waals surface area contributed by atoms with E-state index in [9.17, 15) is 9.59 Å². The lowest BCUT2D eigenvalue weighted by Crippen LogP contribution is -2.25. The van der Waals surface area contributed by atoms with Crippen molar-refractivity contribution in [2.45, 2.75) is 40.5 Å². The summed E-state index contributed by atoms with van der Waals surface area (Å²) in [7, 11) is 0. The molecular weight excluding hydrogens is 322 g/mol. The van der Waals surface area contributed by atoms with Gasteiger partial charge in [-0.25, -0.2) is 0 Å². The number of ketones is 1. The molecule has 3 nitrogen and oxygen atoms in total. The standard InChI is InChI=1S/C23H25NO2/c1-5-18-14-16-10-9-11-17(15-20(25)23(2,3)4)21(16)22(26)24(18)19-12-7-6-8-13-19/h6-14H,5,15H2,1-4H3. The summed E-state index contributed by atoms with van der Waals surface area (Å²) in [4.78, 5) is 26.0. The number of fused-ring (bicyclic) bond motifs is 1. The Morgan fingerprint density at radius 2 is 1.69 bits per heavy atom. The molecule has 0 amide bonds. The van der Waals surface area contributed by atoms with Crippen molar-refractivity contribution < 1.29 is 4.79 Å². The summed E-state index contributed by atoms with van der Waals surface area (Å²) in [5, 5.41) is 1.55. The van der Waals surface area contributed by atoms with E-state index in [0.717, 1.165) is 28.8 Å². The van der Waals surface area contributed by atoms with E-state index in [1.807, 2.05) is 76.2 Å². The van der Waals surface area contributed by atoms with E-state index in [4.69, 9.17) is 0 Å². The SMILES string of the molecule is CCc1cc2cccc(CC(=O)C(C)(C)C)c2c(=O)n1-c1ccccc1. The third-order valence-electron chi connectivity index (χ3n) is 4.77. The van der Waals surface area contributed by atoms with Gasteiger partial charge < -0.3 is 0 Å². The lowest BCUT2D eigenvalue weighted by atomic mass is 9.86. The third kappa shape index (κ3) is 3.34. The minimum atomic E-state index is -0.427. The van der Waals surface area contributed by atoms with E-state index in [1.54, 1.807) is 4.57 Å². The van der Waals surface area contributed by atoms with Crippen molar-refractivity contribution in [2.24, 2.45) is 5.41 Å². The number of benzene rings is 2. The van der Waals surface area contributed by atoms with E-state index in [2.05, 4.69) is 6.07 Å². The summed E-state index contributed by atoms with van der Waals surface area (Å²) in [5.74, 6) is 0.134. The molecule has 134 valence electrons. The molecule has 2 aromatic carbocycles. The predicted molar refractivity (Wildman–Crippen MR) is 107 cm³/mol. The van der Waals surface area contributed by atoms with Crippen molar-refractivity contribution in [1.29, 1.82) is 0 Å². The van der Waals surface area contributed by atoms with Gasteiger partial charge in [-0.3, -0.25) is 14.2 Å². The number of carbonyl (C=O) groups is 1. The minimum Gasteiger partial charge on any atom is -0.299 e. The quantitative estimate of drug-likeness (QED) is 0.685. The normalized spacial score (nSPS) is 11.7. The molecule has 0 fully saturated rings. The average molecular weight is 347 g/mol. The molecule has 0 saturated heterocycles. The Labute approximate surface area is 154 Å². The van der Waals surface area contributed by atoms with Crippen LogP contribution in [0.2, 0.25) is 0 Å². The van der Waals surface area contributed by atoms with Gasteiger partial charge in [0.05, 0.1) is 5.39 Å². The van der Waals surface area contributed by atoms with Gasteiger partial charge in [-0.2, -0.15) is 0 Å². The van der Waals surface area contributed by atoms with Crippen LogP contribution in [0.3, 0.4) is 0 Å². The second-order valence-corrected chi connectivity index (χ2v) is 7.70. The number of Topliss-reactive ketones (excluding diaryl/α,β-unsaturated/α-hetero) is 1. The number of aromatic nitrogens is 1. The summed E-state index contributed by atoms with van der Waals surface area (Å²) in [6.45, 7) is 7.79. The fraction of sp³-hybridized carbons (Fsp3) is 0.304. The van der Waals surface area contributed by atoms with Gasteiger partial charge in [-0.1, -0.05) is 64.1 Å². The molecule has 1 heterocycles. The largest absolute Gasteiger partial charge is 0.299 e. The molecule has 0 saturated carbocycles. The zero-order valence-electron chi connectivity index (χ0n) is 15.9. The number of para-hydroxylation sites is 1. The smallest absolute Gasteiger partial charge is 0.263 e. The maximum absolute atomic E-state index is 13.4. The maximum Gasteiger partial charge on any atom is 0.263 e. The highest BCUT2D eigenvalue weighted by molar-refractivity contribution is 5.92. The molecule has 0 unspecified atom stereocenters. The third-order valence-corrected chi connectivity index (χ3v) is 4.77. The number of pyridine rings is 1. The molecular formula is C23H25NO2. The molecule has 3 heteroatoms. The van der Waals surface area contributed by atoms with Gasteiger partial charge in [-0.15, -0.1) is 0 Å². The lowest BCUT2D eigenvalue weighted by Gasteiger charge is -2.18. The van der Waals surface area contributed by atoms with E-state index >= 15 is 0 Å². The number of hydrogen-bond acceptors (Lipinski definition) is 2. The summed E-state index contributed by atoms with van der Waals surface area (Å²) >= 11 is 0. The Hall–Kier alpha value is -2.68. The lowest BCUT2D eigenvalue weighted by molar-refractivity contribution is -0.125. The van der Waals surface area contributed by atoms with Crippen molar-refractivity contribution in [3.8, 4) is 5.69 Å². The van der Waals surface area contributed by atoms with Crippen LogP contribution in [0.25, 0.3) is 16.5 Å². The molecule has 0 radical (unpaired) electrons. The first-order chi connectivity index (χ1) is 12.3. The van der Waals surface area contributed by atoms with Gasteiger partial charge >= 0.3 is 0 Å². The van der Waals surface area contributed by atoms with E-state index in [-0.39, 0.29) is 17.8 Å². The van der Waals surface area contributed by atoms with Crippen LogP contribution in [-0.2, 0) is 17.6 Å². The van der Waals surface area contributed by atoms with Gasteiger partial charge in [-0.05, 0) is 35.6 Å². The number of rotatable bonds is 4. The van der Waals surface area contributed by atoms with Crippen LogP contribution >= 0.6 is 0 Å². The molecule has 0 atom stereocenters. The molecule has 0 aliphatic rings. The van der Waals surface area contributed by atoms with Crippen molar-refractivity contribution in [2.75, 3.05) is 0 Å². The Balaban J connectivity index is 2.27. The highest BCUT2D eigenvalue weighted by Crippen LogP contribution is 2.23. The second-order valence-electron chi connectivity index (χ2n) is 7.70. The molecule has 26 heavy (non-hydrogen) atoms. The fourth-order valence-corrected chi connectivity index (χ4v) is 3.19. The Kier molecular flexibility index (Phi) is 4.82. The summed E-state index contributed by atoms with van der Waals surface area (Å²) in [6, 6.07) is 17.5. The number of carbonyl (C=O) groups excluding carboxylic acids is 1.